The zero-order valence-corrected chi connectivity index (χ0v) is 9.55. The molecule has 0 amide bonds. The van der Waals surface area contributed by atoms with Crippen molar-refractivity contribution in [2.24, 2.45) is 0 Å². The lowest BCUT2D eigenvalue weighted by atomic mass is 10.3. The van der Waals surface area contributed by atoms with Gasteiger partial charge in [-0.15, -0.1) is 0 Å². The molecule has 0 aromatic carbocycles. The van der Waals surface area contributed by atoms with E-state index in [2.05, 4.69) is 4.74 Å². The maximum absolute atomic E-state index is 11.3. The molecular weight excluding hydrogens is 218 g/mol. The molecule has 0 N–H and O–H groups in total. The molecule has 0 aromatic heterocycles. The van der Waals surface area contributed by atoms with E-state index in [1.807, 2.05) is 6.07 Å². The number of rotatable bonds is 7. The lowest BCUT2D eigenvalue weighted by molar-refractivity contribution is -0.139. The summed E-state index contributed by atoms with van der Waals surface area (Å²) in [5.41, 5.74) is 0. The van der Waals surface area contributed by atoms with Crippen LogP contribution in [0.4, 0.5) is 0 Å². The number of unbranched alkanes of at least 4 members (excludes halogenated alkanes) is 2. The van der Waals surface area contributed by atoms with Gasteiger partial charge in [-0.05, 0) is 19.8 Å². The zero-order chi connectivity index (χ0) is 11.7. The topological polar surface area (TPSA) is 84.2 Å². The second kappa shape index (κ2) is 7.23. The molecule has 0 unspecified atom stereocenters. The van der Waals surface area contributed by atoms with Gasteiger partial charge in [0.1, 0.15) is 5.75 Å². The zero-order valence-electron chi connectivity index (χ0n) is 8.73. The molecule has 0 fully saturated rings. The first kappa shape index (κ1) is 13.9. The molecule has 0 atom stereocenters. The van der Waals surface area contributed by atoms with Crippen molar-refractivity contribution in [1.29, 1.82) is 5.26 Å². The Labute approximate surface area is 90.0 Å². The van der Waals surface area contributed by atoms with Gasteiger partial charge in [0.25, 0.3) is 0 Å². The standard InChI is InChI=1S/C9H15NO4S/c1-2-14-9(11)8-15(12,13)7-5-3-4-6-10/h2-5,7-8H2,1H3. The summed E-state index contributed by atoms with van der Waals surface area (Å²) in [6.45, 7) is 1.81. The van der Waals surface area contributed by atoms with Crippen LogP contribution in [-0.4, -0.2) is 32.5 Å². The average Bonchev–Trinajstić information content (AvgIpc) is 2.12. The molecule has 0 aromatic rings. The van der Waals surface area contributed by atoms with Crippen LogP contribution in [0.3, 0.4) is 0 Å². The van der Waals surface area contributed by atoms with Gasteiger partial charge in [0.15, 0.2) is 9.84 Å². The van der Waals surface area contributed by atoms with Crippen LogP contribution in [0.5, 0.6) is 0 Å². The molecule has 0 radical (unpaired) electrons. The third-order valence-corrected chi connectivity index (χ3v) is 3.22. The van der Waals surface area contributed by atoms with E-state index >= 15 is 0 Å². The second-order valence-corrected chi connectivity index (χ2v) is 5.20. The Bertz CT molecular complexity index is 329. The maximum atomic E-state index is 11.3. The van der Waals surface area contributed by atoms with E-state index in [-0.39, 0.29) is 12.4 Å². The van der Waals surface area contributed by atoms with Crippen molar-refractivity contribution in [2.45, 2.75) is 26.2 Å². The molecule has 0 heterocycles. The monoisotopic (exact) mass is 233 g/mol. The first-order valence-electron chi connectivity index (χ1n) is 4.75. The van der Waals surface area contributed by atoms with Gasteiger partial charge in [-0.2, -0.15) is 5.26 Å². The quantitative estimate of drug-likeness (QED) is 0.476. The normalized spacial score (nSPS) is 10.7. The van der Waals surface area contributed by atoms with Gasteiger partial charge in [-0.25, -0.2) is 8.42 Å². The molecule has 0 rings (SSSR count). The third-order valence-electron chi connectivity index (χ3n) is 1.64. The molecule has 0 aliphatic carbocycles. The number of hydrogen-bond donors (Lipinski definition) is 0. The van der Waals surface area contributed by atoms with E-state index in [0.717, 1.165) is 0 Å². The summed E-state index contributed by atoms with van der Waals surface area (Å²) >= 11 is 0. The van der Waals surface area contributed by atoms with E-state index in [1.165, 1.54) is 0 Å². The molecule has 6 heteroatoms. The van der Waals surface area contributed by atoms with Crippen LogP contribution in [0.25, 0.3) is 0 Å². The number of nitrogens with zero attached hydrogens (tertiary/aromatic N) is 1. The Balaban J connectivity index is 3.88. The van der Waals surface area contributed by atoms with Crippen LogP contribution in [0.2, 0.25) is 0 Å². The van der Waals surface area contributed by atoms with Crippen molar-refractivity contribution >= 4 is 15.8 Å². The molecule has 0 spiro atoms. The van der Waals surface area contributed by atoms with E-state index in [1.54, 1.807) is 6.92 Å². The summed E-state index contributed by atoms with van der Waals surface area (Å²) in [6, 6.07) is 1.93. The molecule has 5 nitrogen and oxygen atoms in total. The van der Waals surface area contributed by atoms with E-state index in [9.17, 15) is 13.2 Å². The van der Waals surface area contributed by atoms with Crippen LogP contribution in [-0.2, 0) is 19.4 Å². The van der Waals surface area contributed by atoms with E-state index in [0.29, 0.717) is 19.3 Å². The van der Waals surface area contributed by atoms with Crippen molar-refractivity contribution in [2.75, 3.05) is 18.1 Å². The average molecular weight is 233 g/mol. The Morgan fingerprint density at radius 1 is 1.40 bits per heavy atom. The number of carbonyl (C=O) groups is 1. The second-order valence-electron chi connectivity index (χ2n) is 3.01. The summed E-state index contributed by atoms with van der Waals surface area (Å²) in [5, 5.41) is 8.24. The molecule has 0 aliphatic rings. The number of nitriles is 1. The Hall–Kier alpha value is -1.09. The van der Waals surface area contributed by atoms with E-state index in [4.69, 9.17) is 5.26 Å². The predicted molar refractivity (Wildman–Crippen MR) is 54.8 cm³/mol. The van der Waals surface area contributed by atoms with Crippen molar-refractivity contribution < 1.29 is 17.9 Å². The fourth-order valence-corrected chi connectivity index (χ4v) is 2.21. The summed E-state index contributed by atoms with van der Waals surface area (Å²) in [4.78, 5) is 10.9. The molecule has 15 heavy (non-hydrogen) atoms. The highest BCUT2D eigenvalue weighted by Gasteiger charge is 2.16. The number of esters is 1. The number of ether oxygens (including phenoxy) is 1. The maximum Gasteiger partial charge on any atom is 0.321 e. The summed E-state index contributed by atoms with van der Waals surface area (Å²) in [6.07, 6.45) is 1.29. The Morgan fingerprint density at radius 2 is 2.07 bits per heavy atom. The predicted octanol–water partition coefficient (Wildman–Crippen LogP) is 0.658. The van der Waals surface area contributed by atoms with Crippen LogP contribution in [0, 0.1) is 11.3 Å². The SMILES string of the molecule is CCOC(=O)CS(=O)(=O)CCCCC#N. The minimum Gasteiger partial charge on any atom is -0.465 e. The molecule has 0 saturated carbocycles. The van der Waals surface area contributed by atoms with Crippen LogP contribution < -0.4 is 0 Å². The highest BCUT2D eigenvalue weighted by atomic mass is 32.2. The van der Waals surface area contributed by atoms with Crippen molar-refractivity contribution in [3.8, 4) is 6.07 Å². The highest BCUT2D eigenvalue weighted by molar-refractivity contribution is 7.92. The van der Waals surface area contributed by atoms with Crippen LogP contribution in [0.15, 0.2) is 0 Å². The van der Waals surface area contributed by atoms with Gasteiger partial charge in [-0.1, -0.05) is 0 Å². The molecule has 0 saturated heterocycles. The van der Waals surface area contributed by atoms with Crippen LogP contribution >= 0.6 is 0 Å². The first-order chi connectivity index (χ1) is 7.02. The Kier molecular flexibility index (Phi) is 6.71. The minimum absolute atomic E-state index is 0.0620. The minimum atomic E-state index is -3.37. The van der Waals surface area contributed by atoms with Crippen molar-refractivity contribution in [3.05, 3.63) is 0 Å². The first-order valence-corrected chi connectivity index (χ1v) is 6.57. The number of carbonyl (C=O) groups excluding carboxylic acids is 1. The molecule has 86 valence electrons. The number of hydrogen-bond acceptors (Lipinski definition) is 5. The Morgan fingerprint density at radius 3 is 2.60 bits per heavy atom. The summed E-state index contributed by atoms with van der Waals surface area (Å²) in [5.74, 6) is -1.33. The van der Waals surface area contributed by atoms with Gasteiger partial charge in [0.2, 0.25) is 0 Å². The van der Waals surface area contributed by atoms with Gasteiger partial charge < -0.3 is 4.74 Å². The van der Waals surface area contributed by atoms with Gasteiger partial charge in [0, 0.05) is 6.42 Å². The third kappa shape index (κ3) is 7.94. The largest absolute Gasteiger partial charge is 0.465 e. The lowest BCUT2D eigenvalue weighted by Crippen LogP contribution is -2.20. The molecular formula is C9H15NO4S. The van der Waals surface area contributed by atoms with Crippen molar-refractivity contribution in [3.63, 3.8) is 0 Å². The fourth-order valence-electron chi connectivity index (χ4n) is 0.980. The van der Waals surface area contributed by atoms with Gasteiger partial charge >= 0.3 is 5.97 Å². The summed E-state index contributed by atoms with van der Waals surface area (Å²) < 4.78 is 27.1. The van der Waals surface area contributed by atoms with Gasteiger partial charge in [-0.3, -0.25) is 4.79 Å². The number of sulfone groups is 1. The van der Waals surface area contributed by atoms with Crippen molar-refractivity contribution in [1.82, 2.24) is 0 Å². The molecule has 0 bridgehead atoms. The van der Waals surface area contributed by atoms with Crippen LogP contribution in [0.1, 0.15) is 26.2 Å². The summed E-state index contributed by atoms with van der Waals surface area (Å²) in [7, 11) is -3.37. The lowest BCUT2D eigenvalue weighted by Gasteiger charge is -2.03. The fraction of sp³-hybridized carbons (Fsp3) is 0.778. The molecule has 0 aliphatic heterocycles. The van der Waals surface area contributed by atoms with E-state index < -0.39 is 21.6 Å². The smallest absolute Gasteiger partial charge is 0.321 e. The highest BCUT2D eigenvalue weighted by Crippen LogP contribution is 2.00. The van der Waals surface area contributed by atoms with Gasteiger partial charge in [0.05, 0.1) is 18.4 Å².